The highest BCUT2D eigenvalue weighted by Gasteiger charge is 2.08. The molecule has 0 aliphatic heterocycles. The smallest absolute Gasteiger partial charge is 0.251 e. The number of hydrogen-bond donors (Lipinski definition) is 2. The summed E-state index contributed by atoms with van der Waals surface area (Å²) in [6.07, 6.45) is 3.02. The zero-order chi connectivity index (χ0) is 13.1. The third-order valence-electron chi connectivity index (χ3n) is 2.55. The highest BCUT2D eigenvalue weighted by Crippen LogP contribution is 2.21. The molecule has 0 saturated heterocycles. The Kier molecular flexibility index (Phi) is 3.18. The molecule has 0 atom stereocenters. The summed E-state index contributed by atoms with van der Waals surface area (Å²) in [5.74, 6) is 0.223. The van der Waals surface area contributed by atoms with Gasteiger partial charge in [0.2, 0.25) is 0 Å². The lowest BCUT2D eigenvalue weighted by atomic mass is 10.2. The molecule has 0 fully saturated rings. The van der Waals surface area contributed by atoms with E-state index in [2.05, 4.69) is 5.10 Å². The number of carbonyl (C=O) groups is 1. The zero-order valence-corrected chi connectivity index (χ0v) is 9.96. The molecule has 0 aliphatic rings. The van der Waals surface area contributed by atoms with Crippen molar-refractivity contribution in [3.8, 4) is 5.75 Å². The molecular weight excluding hydrogens is 232 g/mol. The number of amides is 1. The van der Waals surface area contributed by atoms with E-state index in [1.54, 1.807) is 30.1 Å². The molecule has 6 heteroatoms. The Morgan fingerprint density at radius 1 is 1.50 bits per heavy atom. The van der Waals surface area contributed by atoms with Gasteiger partial charge in [-0.1, -0.05) is 0 Å². The van der Waals surface area contributed by atoms with Gasteiger partial charge in [-0.2, -0.15) is 5.10 Å². The summed E-state index contributed by atoms with van der Waals surface area (Å²) in [7, 11) is 1.59. The van der Waals surface area contributed by atoms with Gasteiger partial charge in [0.25, 0.3) is 5.91 Å². The molecule has 4 N–H and O–H groups in total. The first-order valence-corrected chi connectivity index (χ1v) is 5.35. The van der Waals surface area contributed by atoms with Crippen LogP contribution in [0.25, 0.3) is 0 Å². The van der Waals surface area contributed by atoms with Gasteiger partial charge in [-0.15, -0.1) is 0 Å². The van der Waals surface area contributed by atoms with Crippen molar-refractivity contribution < 1.29 is 9.53 Å². The number of primary amides is 1. The molecule has 0 bridgehead atoms. The van der Waals surface area contributed by atoms with Crippen molar-refractivity contribution in [3.05, 3.63) is 41.7 Å². The number of hydrogen-bond acceptors (Lipinski definition) is 4. The molecule has 94 valence electrons. The maximum absolute atomic E-state index is 11.0. The van der Waals surface area contributed by atoms with Crippen LogP contribution in [0.5, 0.6) is 5.75 Å². The van der Waals surface area contributed by atoms with Gasteiger partial charge in [0.1, 0.15) is 5.75 Å². The molecule has 1 aromatic heterocycles. The van der Waals surface area contributed by atoms with Gasteiger partial charge in [-0.25, -0.2) is 0 Å². The molecular formula is C12H14N4O2. The Labute approximate surface area is 104 Å². The number of ether oxygens (including phenoxy) is 1. The summed E-state index contributed by atoms with van der Waals surface area (Å²) in [5.41, 5.74) is 12.8. The van der Waals surface area contributed by atoms with Gasteiger partial charge in [-0.05, 0) is 18.2 Å². The molecule has 1 aromatic carbocycles. The van der Waals surface area contributed by atoms with E-state index in [0.29, 0.717) is 17.8 Å². The fourth-order valence-electron chi connectivity index (χ4n) is 1.67. The number of benzene rings is 1. The molecule has 2 rings (SSSR count). The first-order valence-electron chi connectivity index (χ1n) is 5.35. The van der Waals surface area contributed by atoms with Crippen molar-refractivity contribution in [2.75, 3.05) is 12.8 Å². The van der Waals surface area contributed by atoms with Crippen LogP contribution in [0, 0.1) is 0 Å². The predicted octanol–water partition coefficient (Wildman–Crippen LogP) is 0.621. The van der Waals surface area contributed by atoms with Gasteiger partial charge < -0.3 is 16.2 Å². The van der Waals surface area contributed by atoms with E-state index in [4.69, 9.17) is 16.2 Å². The van der Waals surface area contributed by atoms with E-state index in [1.165, 1.54) is 6.20 Å². The van der Waals surface area contributed by atoms with Gasteiger partial charge >= 0.3 is 0 Å². The van der Waals surface area contributed by atoms with Crippen LogP contribution in [0.1, 0.15) is 15.9 Å². The second-order valence-corrected chi connectivity index (χ2v) is 3.86. The van der Waals surface area contributed by atoms with Crippen molar-refractivity contribution in [1.82, 2.24) is 9.78 Å². The third-order valence-corrected chi connectivity index (χ3v) is 2.55. The lowest BCUT2D eigenvalue weighted by Gasteiger charge is -2.09. The SMILES string of the molecule is COc1ccc(N)cc1Cn1cc(C(N)=O)cn1. The zero-order valence-electron chi connectivity index (χ0n) is 9.96. The Morgan fingerprint density at radius 3 is 2.89 bits per heavy atom. The monoisotopic (exact) mass is 246 g/mol. The Hall–Kier alpha value is -2.50. The fourth-order valence-corrected chi connectivity index (χ4v) is 1.67. The normalized spacial score (nSPS) is 10.3. The molecule has 0 spiro atoms. The largest absolute Gasteiger partial charge is 0.496 e. The maximum atomic E-state index is 11.0. The predicted molar refractivity (Wildman–Crippen MR) is 67.3 cm³/mol. The topological polar surface area (TPSA) is 96.2 Å². The van der Waals surface area contributed by atoms with Gasteiger partial charge in [0.05, 0.1) is 25.4 Å². The molecule has 18 heavy (non-hydrogen) atoms. The van der Waals surface area contributed by atoms with Gasteiger partial charge in [-0.3, -0.25) is 9.48 Å². The summed E-state index contributed by atoms with van der Waals surface area (Å²) in [4.78, 5) is 11.0. The number of aromatic nitrogens is 2. The van der Waals surface area contributed by atoms with Crippen molar-refractivity contribution in [2.24, 2.45) is 5.73 Å². The lowest BCUT2D eigenvalue weighted by Crippen LogP contribution is -2.09. The number of nitrogens with zero attached hydrogens (tertiary/aromatic N) is 2. The van der Waals surface area contributed by atoms with E-state index in [9.17, 15) is 4.79 Å². The molecule has 1 heterocycles. The number of anilines is 1. The summed E-state index contributed by atoms with van der Waals surface area (Å²) < 4.78 is 6.85. The number of carbonyl (C=O) groups excluding carboxylic acids is 1. The summed E-state index contributed by atoms with van der Waals surface area (Å²) >= 11 is 0. The van der Waals surface area contributed by atoms with Crippen LogP contribution in [0.4, 0.5) is 5.69 Å². The number of nitrogen functional groups attached to an aromatic ring is 1. The molecule has 0 radical (unpaired) electrons. The van der Waals surface area contributed by atoms with E-state index in [1.807, 2.05) is 6.07 Å². The summed E-state index contributed by atoms with van der Waals surface area (Å²) in [5, 5.41) is 4.06. The molecule has 2 aromatic rings. The second-order valence-electron chi connectivity index (χ2n) is 3.86. The van der Waals surface area contributed by atoms with Crippen LogP contribution in [0.3, 0.4) is 0 Å². The first-order chi connectivity index (χ1) is 8.60. The van der Waals surface area contributed by atoms with E-state index >= 15 is 0 Å². The van der Waals surface area contributed by atoms with Crippen LogP contribution in [0.15, 0.2) is 30.6 Å². The van der Waals surface area contributed by atoms with Crippen LogP contribution in [-0.4, -0.2) is 22.8 Å². The molecule has 0 aliphatic carbocycles. The van der Waals surface area contributed by atoms with Crippen LogP contribution < -0.4 is 16.2 Å². The summed E-state index contributed by atoms with van der Waals surface area (Å²) in [6, 6.07) is 5.37. The van der Waals surface area contributed by atoms with Crippen molar-refractivity contribution in [1.29, 1.82) is 0 Å². The number of nitrogens with two attached hydrogens (primary N) is 2. The highest BCUT2D eigenvalue weighted by atomic mass is 16.5. The van der Waals surface area contributed by atoms with Crippen LogP contribution >= 0.6 is 0 Å². The minimum atomic E-state index is -0.499. The Morgan fingerprint density at radius 2 is 2.28 bits per heavy atom. The minimum absolute atomic E-state index is 0.373. The van der Waals surface area contributed by atoms with Gasteiger partial charge in [0, 0.05) is 17.4 Å². The van der Waals surface area contributed by atoms with E-state index in [0.717, 1.165) is 11.3 Å². The van der Waals surface area contributed by atoms with Crippen LogP contribution in [-0.2, 0) is 6.54 Å². The van der Waals surface area contributed by atoms with Gasteiger partial charge in [0.15, 0.2) is 0 Å². The number of rotatable bonds is 4. The molecule has 0 unspecified atom stereocenters. The highest BCUT2D eigenvalue weighted by molar-refractivity contribution is 5.92. The fraction of sp³-hybridized carbons (Fsp3) is 0.167. The Balaban J connectivity index is 2.27. The average molecular weight is 246 g/mol. The second kappa shape index (κ2) is 4.79. The van der Waals surface area contributed by atoms with Crippen molar-refractivity contribution >= 4 is 11.6 Å². The number of methoxy groups -OCH3 is 1. The third kappa shape index (κ3) is 2.42. The summed E-state index contributed by atoms with van der Waals surface area (Å²) in [6.45, 7) is 0.460. The average Bonchev–Trinajstić information content (AvgIpc) is 2.78. The van der Waals surface area contributed by atoms with Crippen LogP contribution in [0.2, 0.25) is 0 Å². The maximum Gasteiger partial charge on any atom is 0.251 e. The first kappa shape index (κ1) is 12.0. The van der Waals surface area contributed by atoms with Crippen molar-refractivity contribution in [3.63, 3.8) is 0 Å². The minimum Gasteiger partial charge on any atom is -0.496 e. The molecule has 0 saturated carbocycles. The quantitative estimate of drug-likeness (QED) is 0.773. The standard InChI is InChI=1S/C12H14N4O2/c1-18-11-3-2-10(13)4-8(11)6-16-7-9(5-15-16)12(14)17/h2-5,7H,6,13H2,1H3,(H2,14,17). The molecule has 6 nitrogen and oxygen atoms in total. The molecule has 1 amide bonds. The van der Waals surface area contributed by atoms with Crippen molar-refractivity contribution in [2.45, 2.75) is 6.54 Å². The van der Waals surface area contributed by atoms with E-state index < -0.39 is 5.91 Å². The van der Waals surface area contributed by atoms with E-state index in [-0.39, 0.29) is 0 Å². The lowest BCUT2D eigenvalue weighted by molar-refractivity contribution is 0.1000. The Bertz CT molecular complexity index is 577.